The van der Waals surface area contributed by atoms with Crippen LogP contribution in [0, 0.1) is 0 Å². The van der Waals surface area contributed by atoms with Crippen molar-refractivity contribution in [3.63, 3.8) is 0 Å². The van der Waals surface area contributed by atoms with Gasteiger partial charge in [0.15, 0.2) is 11.2 Å². The van der Waals surface area contributed by atoms with Gasteiger partial charge in [0.05, 0.1) is 0 Å². The Hall–Kier alpha value is -1.82. The number of aromatic hydroxyl groups is 1. The molecule has 6 heteroatoms. The minimum Gasteiger partial charge on any atom is -0.542 e. The molecule has 0 unspecified atom stereocenters. The van der Waals surface area contributed by atoms with Gasteiger partial charge in [0, 0.05) is 17.0 Å². The van der Waals surface area contributed by atoms with Crippen LogP contribution in [0.4, 0.5) is 0 Å². The molecule has 3 aromatic rings. The summed E-state index contributed by atoms with van der Waals surface area (Å²) >= 11 is 0. The fraction of sp³-hybridized carbons (Fsp3) is 0.176. The van der Waals surface area contributed by atoms with Gasteiger partial charge >= 0.3 is 29.6 Å². The smallest absolute Gasteiger partial charge is 0.542 e. The van der Waals surface area contributed by atoms with E-state index in [0.717, 1.165) is 17.9 Å². The van der Waals surface area contributed by atoms with Crippen LogP contribution in [0.1, 0.15) is 29.5 Å². The van der Waals surface area contributed by atoms with Crippen LogP contribution in [0.2, 0.25) is 0 Å². The third-order valence-electron chi connectivity index (χ3n) is 3.67. The van der Waals surface area contributed by atoms with Crippen molar-refractivity contribution < 1.29 is 49.0 Å². The Balaban J connectivity index is 0.00000192. The topological polar surface area (TPSA) is 90.6 Å². The average molecular weight is 320 g/mol. The van der Waals surface area contributed by atoms with Crippen molar-refractivity contribution >= 4 is 27.7 Å². The van der Waals surface area contributed by atoms with Crippen LogP contribution in [0.5, 0.6) is 5.75 Å². The maximum atomic E-state index is 12.2. The summed E-state index contributed by atoms with van der Waals surface area (Å²) in [6.45, 7) is 1.97. The van der Waals surface area contributed by atoms with Crippen molar-refractivity contribution in [2.75, 3.05) is 0 Å². The predicted molar refractivity (Wildman–Crippen MR) is 80.0 cm³/mol. The maximum Gasteiger partial charge on any atom is 1.00 e. The Morgan fingerprint density at radius 1 is 1.26 bits per heavy atom. The molecule has 0 bridgehead atoms. The Morgan fingerprint density at radius 2 is 1.91 bits per heavy atom. The second-order valence-electron chi connectivity index (χ2n) is 5.09. The van der Waals surface area contributed by atoms with Gasteiger partial charge in [-0.05, 0) is 11.8 Å². The van der Waals surface area contributed by atoms with Crippen molar-refractivity contribution in [3.05, 3.63) is 51.9 Å². The van der Waals surface area contributed by atoms with Crippen molar-refractivity contribution in [2.45, 2.75) is 19.8 Å². The van der Waals surface area contributed by atoms with Gasteiger partial charge < -0.3 is 19.4 Å². The van der Waals surface area contributed by atoms with Gasteiger partial charge in [-0.3, -0.25) is 4.79 Å². The van der Waals surface area contributed by atoms with Crippen molar-refractivity contribution in [1.29, 1.82) is 0 Å². The van der Waals surface area contributed by atoms with Crippen molar-refractivity contribution in [2.24, 2.45) is 0 Å². The number of rotatable bonds is 3. The Labute approximate surface area is 153 Å². The van der Waals surface area contributed by atoms with Crippen LogP contribution in [0.3, 0.4) is 0 Å². The molecule has 2 aromatic carbocycles. The van der Waals surface area contributed by atoms with E-state index < -0.39 is 17.2 Å². The summed E-state index contributed by atoms with van der Waals surface area (Å²) in [6.07, 6.45) is 1.37. The largest absolute Gasteiger partial charge is 1.00 e. The third kappa shape index (κ3) is 2.87. The normalized spacial score (nSPS) is 10.7. The first-order valence-corrected chi connectivity index (χ1v) is 6.96. The monoisotopic (exact) mass is 320 g/mol. The van der Waals surface area contributed by atoms with Crippen LogP contribution in [-0.2, 0) is 6.42 Å². The molecule has 0 saturated heterocycles. The number of hydrogen-bond acceptors (Lipinski definition) is 5. The van der Waals surface area contributed by atoms with E-state index in [1.54, 1.807) is 12.1 Å². The number of aromatic carboxylic acids is 1. The molecule has 3 rings (SSSR count). The molecule has 23 heavy (non-hydrogen) atoms. The van der Waals surface area contributed by atoms with Gasteiger partial charge in [0.1, 0.15) is 22.7 Å². The molecule has 0 aliphatic heterocycles. The molecule has 0 atom stereocenters. The molecule has 0 fully saturated rings. The van der Waals surface area contributed by atoms with E-state index in [9.17, 15) is 19.8 Å². The number of carbonyl (C=O) groups excluding carboxylic acids is 1. The Morgan fingerprint density at radius 3 is 2.52 bits per heavy atom. The van der Waals surface area contributed by atoms with Crippen LogP contribution < -0.4 is 40.1 Å². The first-order valence-electron chi connectivity index (χ1n) is 6.96. The quantitative estimate of drug-likeness (QED) is 0.492. The number of carboxylic acid groups (broad SMARTS) is 1. The van der Waals surface area contributed by atoms with Gasteiger partial charge in [-0.25, -0.2) is 0 Å². The first-order chi connectivity index (χ1) is 10.5. The Kier molecular flexibility index (Phi) is 5.14. The first kappa shape index (κ1) is 17.5. The second-order valence-corrected chi connectivity index (χ2v) is 5.09. The fourth-order valence-electron chi connectivity index (χ4n) is 2.74. The fourth-order valence-corrected chi connectivity index (χ4v) is 2.74. The number of fused-ring (bicyclic) bond motifs is 2. The number of benzene rings is 2. The molecular formula is C17H13NaO5. The molecule has 0 radical (unpaired) electrons. The number of aryl methyl sites for hydroxylation is 1. The zero-order valence-electron chi connectivity index (χ0n) is 12.9. The summed E-state index contributed by atoms with van der Waals surface area (Å²) in [7, 11) is 0. The zero-order chi connectivity index (χ0) is 15.9. The minimum atomic E-state index is -1.56. The number of phenolic OH excluding ortho intramolecular Hbond substituents is 1. The minimum absolute atomic E-state index is 0. The molecule has 0 aliphatic carbocycles. The van der Waals surface area contributed by atoms with Gasteiger partial charge in [0.2, 0.25) is 0 Å². The van der Waals surface area contributed by atoms with Gasteiger partial charge in [-0.2, -0.15) is 0 Å². The third-order valence-corrected chi connectivity index (χ3v) is 3.67. The van der Waals surface area contributed by atoms with E-state index in [1.165, 1.54) is 0 Å². The summed E-state index contributed by atoms with van der Waals surface area (Å²) in [5.74, 6) is -2.29. The summed E-state index contributed by atoms with van der Waals surface area (Å²) in [6, 6.07) is 7.94. The van der Waals surface area contributed by atoms with E-state index in [-0.39, 0.29) is 46.3 Å². The van der Waals surface area contributed by atoms with Crippen molar-refractivity contribution in [1.82, 2.24) is 0 Å². The van der Waals surface area contributed by atoms with Gasteiger partial charge in [0.25, 0.3) is 0 Å². The molecule has 0 amide bonds. The Bertz CT molecular complexity index is 958. The summed E-state index contributed by atoms with van der Waals surface area (Å²) in [4.78, 5) is 23.2. The molecular weight excluding hydrogens is 307 g/mol. The summed E-state index contributed by atoms with van der Waals surface area (Å²) < 4.78 is 5.35. The predicted octanol–water partition coefficient (Wildman–Crippen LogP) is -1.03. The molecule has 0 saturated carbocycles. The van der Waals surface area contributed by atoms with E-state index in [0.29, 0.717) is 17.4 Å². The number of phenols is 1. The van der Waals surface area contributed by atoms with Crippen LogP contribution >= 0.6 is 0 Å². The molecule has 112 valence electrons. The van der Waals surface area contributed by atoms with Gasteiger partial charge in [-0.1, -0.05) is 37.6 Å². The number of hydrogen-bond donors (Lipinski definition) is 1. The molecule has 0 spiro atoms. The number of carboxylic acids is 1. The van der Waals surface area contributed by atoms with Crippen molar-refractivity contribution in [3.8, 4) is 5.75 Å². The summed E-state index contributed by atoms with van der Waals surface area (Å²) in [5, 5.41) is 22.7. The van der Waals surface area contributed by atoms with Crippen LogP contribution in [0.25, 0.3) is 21.7 Å². The maximum absolute atomic E-state index is 12.2. The average Bonchev–Trinajstić information content (AvgIpc) is 2.50. The molecule has 1 aromatic heterocycles. The van der Waals surface area contributed by atoms with Gasteiger partial charge in [-0.15, -0.1) is 0 Å². The molecule has 1 N–H and O–H groups in total. The van der Waals surface area contributed by atoms with E-state index in [1.807, 2.05) is 19.1 Å². The number of carbonyl (C=O) groups is 1. The standard InChI is InChI=1S/C17H14O5.Na/c1-2-5-11-9-6-3-4-7-10(9)15(19)14-12(18)8-13(17(20)21)22-16(11)14;/h3-4,6-8,19H,2,5H2,1H3,(H,20,21);/q;+1/p-1. The molecule has 5 nitrogen and oxygen atoms in total. The zero-order valence-corrected chi connectivity index (χ0v) is 14.9. The molecule has 1 heterocycles. The molecule has 0 aliphatic rings. The summed E-state index contributed by atoms with van der Waals surface area (Å²) in [5.41, 5.74) is 0.233. The second kappa shape index (κ2) is 6.74. The van der Waals surface area contributed by atoms with Crippen LogP contribution in [0.15, 0.2) is 39.5 Å². The van der Waals surface area contributed by atoms with Crippen LogP contribution in [-0.4, -0.2) is 11.1 Å². The van der Waals surface area contributed by atoms with E-state index in [4.69, 9.17) is 4.42 Å². The SMILES string of the molecule is CCCc1c2ccccc2c(O)c2c(=O)cc(C(=O)[O-])oc12.[Na+]. The van der Waals surface area contributed by atoms with E-state index in [2.05, 4.69) is 0 Å². The van der Waals surface area contributed by atoms with E-state index >= 15 is 0 Å².